The molecule has 2 aliphatic rings. The molecule has 0 saturated carbocycles. The Morgan fingerprint density at radius 2 is 1.92 bits per heavy atom. The fourth-order valence-corrected chi connectivity index (χ4v) is 5.20. The Kier molecular flexibility index (Phi) is 5.22. The molecular formula is C19H28N4OS. The molecule has 2 aromatic rings. The Morgan fingerprint density at radius 3 is 2.60 bits per heavy atom. The van der Waals surface area contributed by atoms with Gasteiger partial charge in [-0.2, -0.15) is 5.10 Å². The second-order valence-electron chi connectivity index (χ2n) is 7.45. The van der Waals surface area contributed by atoms with Gasteiger partial charge in [-0.05, 0) is 44.9 Å². The molecule has 0 unspecified atom stereocenters. The number of H-pyrrole nitrogens is 1. The van der Waals surface area contributed by atoms with Crippen LogP contribution in [0.4, 0.5) is 0 Å². The third kappa shape index (κ3) is 4.14. The first-order valence-corrected chi connectivity index (χ1v) is 10.2. The highest BCUT2D eigenvalue weighted by molar-refractivity contribution is 7.15. The summed E-state index contributed by atoms with van der Waals surface area (Å²) in [6.45, 7) is 10.0. The van der Waals surface area contributed by atoms with E-state index in [1.807, 2.05) is 23.6 Å². The van der Waals surface area contributed by atoms with Gasteiger partial charge in [0, 0.05) is 49.8 Å². The van der Waals surface area contributed by atoms with Gasteiger partial charge in [0.1, 0.15) is 0 Å². The molecule has 0 bridgehead atoms. The molecule has 0 radical (unpaired) electrons. The third-order valence-corrected chi connectivity index (χ3v) is 6.43. The third-order valence-electron chi connectivity index (χ3n) is 5.33. The van der Waals surface area contributed by atoms with Gasteiger partial charge < -0.3 is 4.74 Å². The summed E-state index contributed by atoms with van der Waals surface area (Å²) in [4.78, 5) is 7.99. The molecule has 0 aromatic carbocycles. The second kappa shape index (κ2) is 7.58. The lowest BCUT2D eigenvalue weighted by Crippen LogP contribution is -2.53. The van der Waals surface area contributed by atoms with E-state index < -0.39 is 0 Å². The van der Waals surface area contributed by atoms with E-state index in [1.54, 1.807) is 0 Å². The van der Waals surface area contributed by atoms with E-state index in [9.17, 15) is 0 Å². The van der Waals surface area contributed by atoms with Crippen LogP contribution in [0.15, 0.2) is 24.4 Å². The molecule has 2 fully saturated rings. The zero-order valence-corrected chi connectivity index (χ0v) is 16.0. The number of hydrogen-bond acceptors (Lipinski definition) is 5. The monoisotopic (exact) mass is 360 g/mol. The number of ether oxygens (including phenoxy) is 1. The number of piperidine rings is 1. The summed E-state index contributed by atoms with van der Waals surface area (Å²) in [5.41, 5.74) is 1.12. The Hall–Kier alpha value is -1.21. The Bertz CT molecular complexity index is 653. The van der Waals surface area contributed by atoms with Crippen molar-refractivity contribution in [1.29, 1.82) is 0 Å². The quantitative estimate of drug-likeness (QED) is 0.909. The lowest BCUT2D eigenvalue weighted by molar-refractivity contribution is -0.0865. The van der Waals surface area contributed by atoms with E-state index in [0.717, 1.165) is 31.4 Å². The highest BCUT2D eigenvalue weighted by Gasteiger charge is 2.30. The topological polar surface area (TPSA) is 44.4 Å². The van der Waals surface area contributed by atoms with Crippen molar-refractivity contribution < 1.29 is 4.74 Å². The number of hydrogen-bond donors (Lipinski definition) is 1. The number of likely N-dealkylation sites (tertiary alicyclic amines) is 1. The standard InChI is InChI=1S/C19H28N4OS/c1-14-11-23(12-15(2)24-14)16-6-9-22(10-7-16)13-17-3-4-19(25-17)18-5-8-20-21-18/h3-5,8,14-16H,6-7,9-13H2,1-2H3,(H,20,21)/t14-,15+. The molecule has 2 saturated heterocycles. The Labute approximate surface area is 154 Å². The van der Waals surface area contributed by atoms with E-state index in [2.05, 4.69) is 46.0 Å². The number of aromatic amines is 1. The van der Waals surface area contributed by atoms with Crippen molar-refractivity contribution in [3.63, 3.8) is 0 Å². The molecule has 4 rings (SSSR count). The second-order valence-corrected chi connectivity index (χ2v) is 8.62. The van der Waals surface area contributed by atoms with Crippen LogP contribution < -0.4 is 0 Å². The number of nitrogens with one attached hydrogen (secondary N) is 1. The summed E-state index contributed by atoms with van der Waals surface area (Å²) in [6, 6.07) is 7.23. The summed E-state index contributed by atoms with van der Waals surface area (Å²) in [6.07, 6.45) is 5.10. The number of aromatic nitrogens is 2. The van der Waals surface area contributed by atoms with Crippen molar-refractivity contribution in [3.8, 4) is 10.6 Å². The van der Waals surface area contributed by atoms with Crippen LogP contribution in [-0.2, 0) is 11.3 Å². The predicted octanol–water partition coefficient (Wildman–Crippen LogP) is 3.21. The Morgan fingerprint density at radius 1 is 1.16 bits per heavy atom. The van der Waals surface area contributed by atoms with Crippen molar-refractivity contribution >= 4 is 11.3 Å². The zero-order valence-electron chi connectivity index (χ0n) is 15.1. The number of morpholine rings is 1. The van der Waals surface area contributed by atoms with Gasteiger partial charge in [0.05, 0.1) is 22.8 Å². The number of nitrogens with zero attached hydrogens (tertiary/aromatic N) is 3. The van der Waals surface area contributed by atoms with Crippen molar-refractivity contribution in [3.05, 3.63) is 29.3 Å². The first-order valence-electron chi connectivity index (χ1n) is 9.37. The van der Waals surface area contributed by atoms with E-state index in [-0.39, 0.29) is 0 Å². The summed E-state index contributed by atoms with van der Waals surface area (Å²) in [5.74, 6) is 0. The summed E-state index contributed by atoms with van der Waals surface area (Å²) < 4.78 is 5.88. The van der Waals surface area contributed by atoms with Gasteiger partial charge >= 0.3 is 0 Å². The lowest BCUT2D eigenvalue weighted by atomic mass is 10.0. The van der Waals surface area contributed by atoms with Crippen molar-refractivity contribution in [2.75, 3.05) is 26.2 Å². The maximum atomic E-state index is 5.88. The van der Waals surface area contributed by atoms with E-state index in [0.29, 0.717) is 12.2 Å². The van der Waals surface area contributed by atoms with Crippen LogP contribution in [-0.4, -0.2) is 64.4 Å². The van der Waals surface area contributed by atoms with Crippen molar-refractivity contribution in [2.45, 2.75) is 51.5 Å². The molecule has 5 nitrogen and oxygen atoms in total. The van der Waals surface area contributed by atoms with Gasteiger partial charge in [0.25, 0.3) is 0 Å². The van der Waals surface area contributed by atoms with Crippen LogP contribution in [0.2, 0.25) is 0 Å². The molecule has 6 heteroatoms. The van der Waals surface area contributed by atoms with Crippen LogP contribution in [0.25, 0.3) is 10.6 Å². The van der Waals surface area contributed by atoms with Gasteiger partial charge in [-0.15, -0.1) is 11.3 Å². The highest BCUT2D eigenvalue weighted by Crippen LogP contribution is 2.28. The number of thiophene rings is 1. The van der Waals surface area contributed by atoms with E-state index >= 15 is 0 Å². The first-order chi connectivity index (χ1) is 12.2. The molecule has 25 heavy (non-hydrogen) atoms. The molecular weight excluding hydrogens is 332 g/mol. The van der Waals surface area contributed by atoms with Crippen LogP contribution in [0, 0.1) is 0 Å². The van der Waals surface area contributed by atoms with Crippen molar-refractivity contribution in [1.82, 2.24) is 20.0 Å². The first kappa shape index (κ1) is 17.2. The van der Waals surface area contributed by atoms with Gasteiger partial charge in [0.15, 0.2) is 0 Å². The number of rotatable bonds is 4. The maximum Gasteiger partial charge on any atom is 0.0749 e. The predicted molar refractivity (Wildman–Crippen MR) is 102 cm³/mol. The smallest absolute Gasteiger partial charge is 0.0749 e. The summed E-state index contributed by atoms with van der Waals surface area (Å²) >= 11 is 1.87. The minimum Gasteiger partial charge on any atom is -0.373 e. The normalized spacial score (nSPS) is 27.0. The van der Waals surface area contributed by atoms with Crippen molar-refractivity contribution in [2.24, 2.45) is 0 Å². The van der Waals surface area contributed by atoms with Gasteiger partial charge in [-0.25, -0.2) is 0 Å². The minimum absolute atomic E-state index is 0.369. The molecule has 136 valence electrons. The molecule has 0 aliphatic carbocycles. The molecule has 2 aliphatic heterocycles. The summed E-state index contributed by atoms with van der Waals surface area (Å²) in [7, 11) is 0. The molecule has 0 spiro atoms. The van der Waals surface area contributed by atoms with Crippen LogP contribution in [0.1, 0.15) is 31.6 Å². The highest BCUT2D eigenvalue weighted by atomic mass is 32.1. The fraction of sp³-hybridized carbons (Fsp3) is 0.632. The van der Waals surface area contributed by atoms with Crippen LogP contribution in [0.3, 0.4) is 0 Å². The van der Waals surface area contributed by atoms with Gasteiger partial charge in [-0.1, -0.05) is 0 Å². The Balaban J connectivity index is 1.29. The molecule has 0 amide bonds. The van der Waals surface area contributed by atoms with Crippen LogP contribution >= 0.6 is 11.3 Å². The van der Waals surface area contributed by atoms with E-state index in [1.165, 1.54) is 35.7 Å². The molecule has 2 aromatic heterocycles. The molecule has 2 atom stereocenters. The maximum absolute atomic E-state index is 5.88. The van der Waals surface area contributed by atoms with Gasteiger partial charge in [-0.3, -0.25) is 14.9 Å². The van der Waals surface area contributed by atoms with E-state index in [4.69, 9.17) is 4.74 Å². The van der Waals surface area contributed by atoms with Crippen LogP contribution in [0.5, 0.6) is 0 Å². The average molecular weight is 361 g/mol. The summed E-state index contributed by atoms with van der Waals surface area (Å²) in [5, 5.41) is 7.10. The fourth-order valence-electron chi connectivity index (χ4n) is 4.18. The lowest BCUT2D eigenvalue weighted by Gasteiger charge is -2.43. The molecule has 4 heterocycles. The minimum atomic E-state index is 0.369. The largest absolute Gasteiger partial charge is 0.373 e. The zero-order chi connectivity index (χ0) is 17.2. The average Bonchev–Trinajstić information content (AvgIpc) is 3.26. The molecule has 1 N–H and O–H groups in total. The van der Waals surface area contributed by atoms with Gasteiger partial charge in [0.2, 0.25) is 0 Å². The SMILES string of the molecule is C[C@@H]1CN(C2CCN(Cc3ccc(-c4ccn[nH]4)s3)CC2)C[C@H](C)O1.